The van der Waals surface area contributed by atoms with Gasteiger partial charge in [-0.25, -0.2) is 4.98 Å². The molecule has 0 aliphatic heterocycles. The minimum atomic E-state index is 0.409. The molecule has 18 heavy (non-hydrogen) atoms. The Labute approximate surface area is 107 Å². The summed E-state index contributed by atoms with van der Waals surface area (Å²) in [5, 5.41) is 0. The van der Waals surface area contributed by atoms with Crippen molar-refractivity contribution in [2.75, 3.05) is 7.11 Å². The summed E-state index contributed by atoms with van der Waals surface area (Å²) in [7, 11) is 1.68. The number of nitrogens with zero attached hydrogens (tertiary/aromatic N) is 1. The molecule has 2 rings (SSSR count). The molecule has 4 nitrogen and oxygen atoms in total. The van der Waals surface area contributed by atoms with Crippen molar-refractivity contribution in [2.24, 2.45) is 5.73 Å². The maximum Gasteiger partial charge on any atom is 0.128 e. The minimum absolute atomic E-state index is 0.409. The molecule has 0 amide bonds. The molecular weight excluding hydrogens is 226 g/mol. The second kappa shape index (κ2) is 5.23. The summed E-state index contributed by atoms with van der Waals surface area (Å²) >= 11 is 0. The summed E-state index contributed by atoms with van der Waals surface area (Å²) in [6.45, 7) is 4.74. The Bertz CT molecular complexity index is 532. The van der Waals surface area contributed by atoms with Crippen LogP contribution in [0.2, 0.25) is 0 Å². The summed E-state index contributed by atoms with van der Waals surface area (Å²) in [6, 6.07) is 6.25. The maximum atomic E-state index is 5.55. The van der Waals surface area contributed by atoms with Crippen LogP contribution < -0.4 is 10.5 Å². The molecule has 96 valence electrons. The standard InChI is InChI=1S/C14H19N3O/c1-9(2)10-4-5-11(13(6-10)18-3)12-8-16-14(7-15)17-12/h4-6,8-9H,7,15H2,1-3H3,(H,16,17). The molecule has 0 unspecified atom stereocenters. The lowest BCUT2D eigenvalue weighted by atomic mass is 10.00. The van der Waals surface area contributed by atoms with E-state index in [1.54, 1.807) is 13.3 Å². The lowest BCUT2D eigenvalue weighted by molar-refractivity contribution is 0.415. The number of H-pyrrole nitrogens is 1. The largest absolute Gasteiger partial charge is 0.496 e. The number of methoxy groups -OCH3 is 1. The Hall–Kier alpha value is -1.81. The van der Waals surface area contributed by atoms with Crippen molar-refractivity contribution in [3.05, 3.63) is 35.8 Å². The van der Waals surface area contributed by atoms with E-state index in [2.05, 4.69) is 42.0 Å². The van der Waals surface area contributed by atoms with Gasteiger partial charge in [-0.3, -0.25) is 0 Å². The average Bonchev–Trinajstić information content (AvgIpc) is 2.86. The van der Waals surface area contributed by atoms with E-state index < -0.39 is 0 Å². The van der Waals surface area contributed by atoms with Gasteiger partial charge in [0.1, 0.15) is 11.6 Å². The lowest BCUT2D eigenvalue weighted by Gasteiger charge is -2.11. The zero-order chi connectivity index (χ0) is 13.1. The summed E-state index contributed by atoms with van der Waals surface area (Å²) in [6.07, 6.45) is 1.79. The Morgan fingerprint density at radius 3 is 2.72 bits per heavy atom. The van der Waals surface area contributed by atoms with E-state index in [0.29, 0.717) is 12.5 Å². The van der Waals surface area contributed by atoms with Gasteiger partial charge in [0, 0.05) is 5.56 Å². The van der Waals surface area contributed by atoms with Gasteiger partial charge in [-0.15, -0.1) is 0 Å². The number of nitrogens with two attached hydrogens (primary N) is 1. The first kappa shape index (κ1) is 12.6. The first-order valence-electron chi connectivity index (χ1n) is 6.08. The van der Waals surface area contributed by atoms with Gasteiger partial charge >= 0.3 is 0 Å². The fourth-order valence-corrected chi connectivity index (χ4v) is 1.89. The zero-order valence-electron chi connectivity index (χ0n) is 11.0. The number of rotatable bonds is 4. The van der Waals surface area contributed by atoms with Gasteiger partial charge < -0.3 is 15.5 Å². The van der Waals surface area contributed by atoms with Crippen molar-refractivity contribution < 1.29 is 4.74 Å². The predicted molar refractivity (Wildman–Crippen MR) is 72.6 cm³/mol. The van der Waals surface area contributed by atoms with Gasteiger partial charge in [-0.2, -0.15) is 0 Å². The SMILES string of the molecule is COc1cc(C(C)C)ccc1-c1cnc(CN)[nH]1. The van der Waals surface area contributed by atoms with Crippen LogP contribution >= 0.6 is 0 Å². The van der Waals surface area contributed by atoms with E-state index in [-0.39, 0.29) is 0 Å². The minimum Gasteiger partial charge on any atom is -0.496 e. The molecule has 2 aromatic rings. The Balaban J connectivity index is 2.44. The van der Waals surface area contributed by atoms with Crippen molar-refractivity contribution in [1.82, 2.24) is 9.97 Å². The van der Waals surface area contributed by atoms with Gasteiger partial charge in [0.05, 0.1) is 25.5 Å². The molecule has 0 radical (unpaired) electrons. The van der Waals surface area contributed by atoms with E-state index in [0.717, 1.165) is 22.8 Å². The second-order valence-corrected chi connectivity index (χ2v) is 4.56. The van der Waals surface area contributed by atoms with Crippen LogP contribution in [0.1, 0.15) is 31.2 Å². The van der Waals surface area contributed by atoms with E-state index in [4.69, 9.17) is 10.5 Å². The van der Waals surface area contributed by atoms with Crippen molar-refractivity contribution >= 4 is 0 Å². The third-order valence-corrected chi connectivity index (χ3v) is 3.00. The second-order valence-electron chi connectivity index (χ2n) is 4.56. The van der Waals surface area contributed by atoms with E-state index in [1.165, 1.54) is 5.56 Å². The topological polar surface area (TPSA) is 63.9 Å². The Morgan fingerprint density at radius 2 is 2.17 bits per heavy atom. The normalized spacial score (nSPS) is 10.9. The first-order chi connectivity index (χ1) is 8.65. The Morgan fingerprint density at radius 1 is 1.39 bits per heavy atom. The van der Waals surface area contributed by atoms with E-state index >= 15 is 0 Å². The molecule has 0 aliphatic rings. The van der Waals surface area contributed by atoms with Crippen LogP contribution in [0.25, 0.3) is 11.3 Å². The number of imidazole rings is 1. The predicted octanol–water partition coefficient (Wildman–Crippen LogP) is 2.67. The van der Waals surface area contributed by atoms with Crippen LogP contribution in [0.5, 0.6) is 5.75 Å². The molecule has 0 bridgehead atoms. The Kier molecular flexibility index (Phi) is 3.67. The first-order valence-corrected chi connectivity index (χ1v) is 6.08. The monoisotopic (exact) mass is 245 g/mol. The van der Waals surface area contributed by atoms with Crippen LogP contribution in [0.15, 0.2) is 24.4 Å². The molecule has 4 heteroatoms. The third kappa shape index (κ3) is 2.38. The molecule has 0 saturated carbocycles. The maximum absolute atomic E-state index is 5.55. The zero-order valence-corrected chi connectivity index (χ0v) is 11.0. The molecule has 3 N–H and O–H groups in total. The van der Waals surface area contributed by atoms with E-state index in [9.17, 15) is 0 Å². The van der Waals surface area contributed by atoms with Crippen molar-refractivity contribution in [1.29, 1.82) is 0 Å². The summed E-state index contributed by atoms with van der Waals surface area (Å²) in [4.78, 5) is 7.39. The fraction of sp³-hybridized carbons (Fsp3) is 0.357. The van der Waals surface area contributed by atoms with Crippen LogP contribution in [0.4, 0.5) is 0 Å². The molecule has 0 saturated heterocycles. The highest BCUT2D eigenvalue weighted by molar-refractivity contribution is 5.67. The van der Waals surface area contributed by atoms with Crippen molar-refractivity contribution in [2.45, 2.75) is 26.3 Å². The van der Waals surface area contributed by atoms with Crippen molar-refractivity contribution in [3.63, 3.8) is 0 Å². The van der Waals surface area contributed by atoms with Crippen LogP contribution in [-0.4, -0.2) is 17.1 Å². The highest BCUT2D eigenvalue weighted by Crippen LogP contribution is 2.31. The van der Waals surface area contributed by atoms with Gasteiger partial charge in [0.25, 0.3) is 0 Å². The molecule has 0 fully saturated rings. The van der Waals surface area contributed by atoms with Gasteiger partial charge in [0.15, 0.2) is 0 Å². The molecular formula is C14H19N3O. The van der Waals surface area contributed by atoms with Gasteiger partial charge in [-0.05, 0) is 23.6 Å². The molecule has 0 atom stereocenters. The number of nitrogens with one attached hydrogen (secondary N) is 1. The number of ether oxygens (including phenoxy) is 1. The summed E-state index contributed by atoms with van der Waals surface area (Å²) in [5.74, 6) is 2.11. The molecule has 1 aromatic carbocycles. The molecule has 1 aromatic heterocycles. The van der Waals surface area contributed by atoms with Crippen LogP contribution in [-0.2, 0) is 6.54 Å². The van der Waals surface area contributed by atoms with Crippen LogP contribution in [0, 0.1) is 0 Å². The lowest BCUT2D eigenvalue weighted by Crippen LogP contribution is -1.98. The van der Waals surface area contributed by atoms with Crippen LogP contribution in [0.3, 0.4) is 0 Å². The molecule has 1 heterocycles. The third-order valence-electron chi connectivity index (χ3n) is 3.00. The van der Waals surface area contributed by atoms with Gasteiger partial charge in [-0.1, -0.05) is 19.9 Å². The smallest absolute Gasteiger partial charge is 0.128 e. The quantitative estimate of drug-likeness (QED) is 0.870. The highest BCUT2D eigenvalue weighted by Gasteiger charge is 2.10. The number of hydrogen-bond donors (Lipinski definition) is 2. The number of aromatic amines is 1. The highest BCUT2D eigenvalue weighted by atomic mass is 16.5. The molecule has 0 spiro atoms. The average molecular weight is 245 g/mol. The van der Waals surface area contributed by atoms with E-state index in [1.807, 2.05) is 0 Å². The number of benzene rings is 1. The van der Waals surface area contributed by atoms with Gasteiger partial charge in [0.2, 0.25) is 0 Å². The summed E-state index contributed by atoms with van der Waals surface area (Å²) in [5.41, 5.74) is 8.75. The fourth-order valence-electron chi connectivity index (χ4n) is 1.89. The summed E-state index contributed by atoms with van der Waals surface area (Å²) < 4.78 is 5.45. The number of aromatic nitrogens is 2. The van der Waals surface area contributed by atoms with Crippen molar-refractivity contribution in [3.8, 4) is 17.0 Å². The molecule has 0 aliphatic carbocycles. The number of hydrogen-bond acceptors (Lipinski definition) is 3.